The summed E-state index contributed by atoms with van der Waals surface area (Å²) in [5, 5.41) is 13.7. The Morgan fingerprint density at radius 3 is 2.88 bits per heavy atom. The average molecular weight is 413 g/mol. The number of carbonyl (C=O) groups is 1. The Labute approximate surface area is 163 Å². The van der Waals surface area contributed by atoms with Crippen LogP contribution >= 0.6 is 45.9 Å². The normalized spacial score (nSPS) is 10.6. The van der Waals surface area contributed by atoms with Crippen LogP contribution in [0, 0.1) is 0 Å². The van der Waals surface area contributed by atoms with E-state index in [4.69, 9.17) is 23.2 Å². The number of amides is 1. The van der Waals surface area contributed by atoms with Gasteiger partial charge in [0.05, 0.1) is 22.2 Å². The van der Waals surface area contributed by atoms with E-state index in [1.54, 1.807) is 28.7 Å². The number of carbonyl (C=O) groups excluding carboxylic acids is 1. The van der Waals surface area contributed by atoms with Gasteiger partial charge >= 0.3 is 0 Å². The smallest absolute Gasteiger partial charge is 0.226 e. The first kappa shape index (κ1) is 18.1. The summed E-state index contributed by atoms with van der Waals surface area (Å²) in [7, 11) is 0. The summed E-state index contributed by atoms with van der Waals surface area (Å²) in [6.07, 6.45) is 1.78. The first-order chi connectivity index (χ1) is 12.1. The molecule has 0 fully saturated rings. The molecule has 3 aromatic heterocycles. The van der Waals surface area contributed by atoms with Gasteiger partial charge in [-0.2, -0.15) is 11.3 Å². The molecule has 0 saturated heterocycles. The Bertz CT molecular complexity index is 852. The second kappa shape index (κ2) is 8.62. The molecule has 0 atom stereocenters. The van der Waals surface area contributed by atoms with Crippen LogP contribution in [0.5, 0.6) is 0 Å². The molecule has 0 spiro atoms. The first-order valence-electron chi connectivity index (χ1n) is 7.40. The van der Waals surface area contributed by atoms with Gasteiger partial charge in [0.25, 0.3) is 0 Å². The van der Waals surface area contributed by atoms with Crippen molar-refractivity contribution in [2.45, 2.75) is 6.42 Å². The summed E-state index contributed by atoms with van der Waals surface area (Å²) >= 11 is 15.0. The molecule has 0 aliphatic heterocycles. The standard InChI is InChI=1S/C16H14Cl2N4OS2/c17-11-5-13(18)15(21-7-11)20-3-2-19-14(23)6-12-9-25-16(22-12)10-1-4-24-8-10/h1,4-5,7-9H,2-3,6H2,(H,19,23)(H,20,21). The minimum atomic E-state index is -0.0702. The molecule has 3 heterocycles. The van der Waals surface area contributed by atoms with E-state index >= 15 is 0 Å². The fourth-order valence-corrected chi connectivity index (χ4v) is 4.04. The van der Waals surface area contributed by atoms with Crippen molar-refractivity contribution in [2.75, 3.05) is 18.4 Å². The molecular weight excluding hydrogens is 399 g/mol. The Morgan fingerprint density at radius 1 is 1.24 bits per heavy atom. The average Bonchev–Trinajstić information content (AvgIpc) is 3.24. The van der Waals surface area contributed by atoms with Gasteiger partial charge in [-0.25, -0.2) is 9.97 Å². The number of pyridine rings is 1. The summed E-state index contributed by atoms with van der Waals surface area (Å²) in [4.78, 5) is 20.6. The number of hydrogen-bond acceptors (Lipinski definition) is 6. The lowest BCUT2D eigenvalue weighted by Gasteiger charge is -2.08. The van der Waals surface area contributed by atoms with E-state index in [9.17, 15) is 4.79 Å². The van der Waals surface area contributed by atoms with Crippen LogP contribution in [-0.4, -0.2) is 29.0 Å². The highest BCUT2D eigenvalue weighted by atomic mass is 35.5. The fourth-order valence-electron chi connectivity index (χ4n) is 2.06. The maximum atomic E-state index is 12.0. The molecule has 0 aliphatic rings. The molecule has 0 bridgehead atoms. The van der Waals surface area contributed by atoms with Gasteiger partial charge < -0.3 is 10.6 Å². The highest BCUT2D eigenvalue weighted by Crippen LogP contribution is 2.25. The zero-order valence-corrected chi connectivity index (χ0v) is 16.1. The third-order valence-corrected chi connectivity index (χ3v) is 5.33. The largest absolute Gasteiger partial charge is 0.367 e. The van der Waals surface area contributed by atoms with Gasteiger partial charge in [0, 0.05) is 35.6 Å². The monoisotopic (exact) mass is 412 g/mol. The summed E-state index contributed by atoms with van der Waals surface area (Å²) in [6, 6.07) is 3.64. The molecule has 3 aromatic rings. The van der Waals surface area contributed by atoms with Crippen LogP contribution in [0.4, 0.5) is 5.82 Å². The lowest BCUT2D eigenvalue weighted by atomic mass is 10.3. The second-order valence-corrected chi connectivity index (χ2v) is 7.58. The minimum Gasteiger partial charge on any atom is -0.367 e. The Morgan fingerprint density at radius 2 is 2.12 bits per heavy atom. The lowest BCUT2D eigenvalue weighted by molar-refractivity contribution is -0.120. The SMILES string of the molecule is O=C(Cc1csc(-c2ccsc2)n1)NCCNc1ncc(Cl)cc1Cl. The summed E-state index contributed by atoms with van der Waals surface area (Å²) < 4.78 is 0. The van der Waals surface area contributed by atoms with Crippen LogP contribution < -0.4 is 10.6 Å². The van der Waals surface area contributed by atoms with Gasteiger partial charge in [0.1, 0.15) is 10.8 Å². The molecule has 9 heteroatoms. The number of anilines is 1. The molecule has 5 nitrogen and oxygen atoms in total. The van der Waals surface area contributed by atoms with Crippen LogP contribution in [0.25, 0.3) is 10.6 Å². The summed E-state index contributed by atoms with van der Waals surface area (Å²) in [5.74, 6) is 0.472. The van der Waals surface area contributed by atoms with Crippen LogP contribution in [0.15, 0.2) is 34.5 Å². The van der Waals surface area contributed by atoms with Crippen molar-refractivity contribution in [1.29, 1.82) is 0 Å². The highest BCUT2D eigenvalue weighted by molar-refractivity contribution is 7.14. The predicted molar refractivity (Wildman–Crippen MR) is 105 cm³/mol. The molecule has 1 amide bonds. The zero-order chi connectivity index (χ0) is 17.6. The molecule has 3 rings (SSSR count). The predicted octanol–water partition coefficient (Wildman–Crippen LogP) is 4.34. The van der Waals surface area contributed by atoms with E-state index in [1.165, 1.54) is 6.20 Å². The molecule has 0 saturated carbocycles. The summed E-state index contributed by atoms with van der Waals surface area (Å²) in [5.41, 5.74) is 1.87. The molecular formula is C16H14Cl2N4OS2. The molecule has 0 aliphatic carbocycles. The van der Waals surface area contributed by atoms with Crippen molar-refractivity contribution < 1.29 is 4.79 Å². The maximum absolute atomic E-state index is 12.0. The van der Waals surface area contributed by atoms with Crippen LogP contribution in [0.3, 0.4) is 0 Å². The third kappa shape index (κ3) is 5.15. The van der Waals surface area contributed by atoms with E-state index in [0.29, 0.717) is 29.0 Å². The summed E-state index contributed by atoms with van der Waals surface area (Å²) in [6.45, 7) is 0.971. The van der Waals surface area contributed by atoms with Crippen LogP contribution in [0.1, 0.15) is 5.69 Å². The lowest BCUT2D eigenvalue weighted by Crippen LogP contribution is -2.30. The van der Waals surface area contributed by atoms with E-state index in [-0.39, 0.29) is 12.3 Å². The number of thiophene rings is 1. The van der Waals surface area contributed by atoms with Crippen LogP contribution in [0.2, 0.25) is 10.0 Å². The Hall–Kier alpha value is -1.67. The van der Waals surface area contributed by atoms with Gasteiger partial charge in [-0.1, -0.05) is 23.2 Å². The molecule has 25 heavy (non-hydrogen) atoms. The fraction of sp³-hybridized carbons (Fsp3) is 0.188. The number of hydrogen-bond donors (Lipinski definition) is 2. The number of thiazole rings is 1. The third-order valence-electron chi connectivity index (χ3n) is 3.21. The van der Waals surface area contributed by atoms with Gasteiger partial charge in [0.2, 0.25) is 5.91 Å². The molecule has 0 aromatic carbocycles. The number of nitrogens with one attached hydrogen (secondary N) is 2. The topological polar surface area (TPSA) is 66.9 Å². The Balaban J connectivity index is 1.42. The molecule has 130 valence electrons. The number of nitrogens with zero attached hydrogens (tertiary/aromatic N) is 2. The van der Waals surface area contributed by atoms with E-state index in [1.807, 2.05) is 22.2 Å². The van der Waals surface area contributed by atoms with Crippen molar-refractivity contribution in [3.8, 4) is 10.6 Å². The van der Waals surface area contributed by atoms with Crippen molar-refractivity contribution in [1.82, 2.24) is 15.3 Å². The van der Waals surface area contributed by atoms with Gasteiger partial charge in [-0.05, 0) is 17.5 Å². The molecule has 0 radical (unpaired) electrons. The van der Waals surface area contributed by atoms with E-state index < -0.39 is 0 Å². The maximum Gasteiger partial charge on any atom is 0.226 e. The molecule has 2 N–H and O–H groups in total. The number of aromatic nitrogens is 2. The zero-order valence-electron chi connectivity index (χ0n) is 13.0. The number of rotatable bonds is 7. The first-order valence-corrected chi connectivity index (χ1v) is 9.98. The van der Waals surface area contributed by atoms with E-state index in [2.05, 4.69) is 20.6 Å². The van der Waals surface area contributed by atoms with Crippen molar-refractivity contribution >= 4 is 57.6 Å². The van der Waals surface area contributed by atoms with Crippen LogP contribution in [-0.2, 0) is 11.2 Å². The van der Waals surface area contributed by atoms with Gasteiger partial charge in [-0.3, -0.25) is 4.79 Å². The molecule has 0 unspecified atom stereocenters. The minimum absolute atomic E-state index is 0.0702. The number of halogens is 2. The van der Waals surface area contributed by atoms with Gasteiger partial charge in [-0.15, -0.1) is 11.3 Å². The van der Waals surface area contributed by atoms with Crippen molar-refractivity contribution in [2.24, 2.45) is 0 Å². The van der Waals surface area contributed by atoms with Crippen molar-refractivity contribution in [3.05, 3.63) is 50.2 Å². The Kier molecular flexibility index (Phi) is 6.25. The van der Waals surface area contributed by atoms with Gasteiger partial charge in [0.15, 0.2) is 0 Å². The second-order valence-electron chi connectivity index (χ2n) is 5.09. The highest BCUT2D eigenvalue weighted by Gasteiger charge is 2.09. The quantitative estimate of drug-likeness (QED) is 0.566. The van der Waals surface area contributed by atoms with E-state index in [0.717, 1.165) is 16.3 Å². The van der Waals surface area contributed by atoms with Crippen molar-refractivity contribution in [3.63, 3.8) is 0 Å².